The summed E-state index contributed by atoms with van der Waals surface area (Å²) in [5, 5.41) is 76.4. The summed E-state index contributed by atoms with van der Waals surface area (Å²) in [6, 6.07) is 5.66. The van der Waals surface area contributed by atoms with Crippen molar-refractivity contribution in [3.05, 3.63) is 125 Å². The zero-order valence-electron chi connectivity index (χ0n) is 65.1. The summed E-state index contributed by atoms with van der Waals surface area (Å²) >= 11 is 2.72. The van der Waals surface area contributed by atoms with Gasteiger partial charge in [-0.25, -0.2) is 4.98 Å². The predicted molar refractivity (Wildman–Crippen MR) is 428 cm³/mol. The minimum atomic E-state index is -1.86. The van der Waals surface area contributed by atoms with Crippen molar-refractivity contribution in [2.75, 3.05) is 18.1 Å². The van der Waals surface area contributed by atoms with Gasteiger partial charge in [0.2, 0.25) is 76.8 Å². The Morgan fingerprint density at radius 2 is 1.06 bits per heavy atom. The zero-order valence-corrected chi connectivity index (χ0v) is 66.7. The molecule has 5 aromatic rings. The fourth-order valence-corrected chi connectivity index (χ4v) is 15.7. The molecule has 4 heterocycles. The molecule has 13 amide bonds. The van der Waals surface area contributed by atoms with Gasteiger partial charge >= 0.3 is 0 Å². The van der Waals surface area contributed by atoms with Crippen LogP contribution in [0.2, 0.25) is 0 Å². The van der Waals surface area contributed by atoms with Gasteiger partial charge in [0.05, 0.1) is 12.2 Å². The second-order valence-corrected chi connectivity index (χ2v) is 32.6. The number of fused-ring (bicyclic) bond motifs is 12. The van der Waals surface area contributed by atoms with Crippen LogP contribution < -0.4 is 69.5 Å². The Kier molecular flexibility index (Phi) is 33.8. The molecule has 32 nitrogen and oxygen atoms in total. The molecule has 0 spiro atoms. The Morgan fingerprint density at radius 3 is 1.66 bits per heavy atom. The summed E-state index contributed by atoms with van der Waals surface area (Å²) in [4.78, 5) is 198. The van der Waals surface area contributed by atoms with Gasteiger partial charge in [-0.1, -0.05) is 102 Å². The molecule has 2 aromatic heterocycles. The number of phenolic OH excluding ortho intramolecular Hbond substituents is 2. The number of aliphatic hydroxyl groups is 2. The normalized spacial score (nSPS) is 25.4. The first-order valence-corrected chi connectivity index (χ1v) is 41.1. The van der Waals surface area contributed by atoms with Crippen LogP contribution in [-0.4, -0.2) is 204 Å². The van der Waals surface area contributed by atoms with Crippen molar-refractivity contribution in [2.45, 2.75) is 234 Å². The number of carbonyl (C=O) groups is 13. The molecule has 0 unspecified atom stereocenters. The van der Waals surface area contributed by atoms with Gasteiger partial charge < -0.3 is 94.9 Å². The Balaban J connectivity index is 1.19. The van der Waals surface area contributed by atoms with Crippen LogP contribution in [0, 0.1) is 11.3 Å². The molecule has 114 heavy (non-hydrogen) atoms. The van der Waals surface area contributed by atoms with Crippen molar-refractivity contribution >= 4 is 111 Å². The second-order valence-electron chi connectivity index (χ2n) is 30.5. The third-order valence-corrected chi connectivity index (χ3v) is 22.3. The number of rotatable bonds is 12. The van der Waals surface area contributed by atoms with Crippen LogP contribution >= 0.6 is 23.5 Å². The first-order valence-electron chi connectivity index (χ1n) is 38.8. The number of aromatic nitrogens is 2. The fourth-order valence-electron chi connectivity index (χ4n) is 13.8. The number of benzene rings is 3. The minimum absolute atomic E-state index is 0.0297. The van der Waals surface area contributed by atoms with Gasteiger partial charge in [0, 0.05) is 79.4 Å². The van der Waals surface area contributed by atoms with Crippen molar-refractivity contribution in [3.8, 4) is 11.5 Å². The maximum atomic E-state index is 15.3. The number of nitrogens with zero attached hydrogens (tertiary/aromatic N) is 1. The summed E-state index contributed by atoms with van der Waals surface area (Å²) < 4.78 is 0. The number of nitrogens with two attached hydrogens (primary N) is 1. The number of nitrogens with one attached hydrogen (secondary N) is 13. The van der Waals surface area contributed by atoms with Crippen molar-refractivity contribution in [1.29, 1.82) is 0 Å². The van der Waals surface area contributed by atoms with E-state index in [1.165, 1.54) is 92.1 Å². The van der Waals surface area contributed by atoms with E-state index in [-0.39, 0.29) is 94.4 Å². The number of aliphatic hydroxyl groups excluding tert-OH is 2. The second kappa shape index (κ2) is 43.2. The average Bonchev–Trinajstić information content (AvgIpc) is 1.20. The minimum Gasteiger partial charge on any atom is -0.508 e. The Labute approximate surface area is 670 Å². The molecule has 1 saturated carbocycles. The van der Waals surface area contributed by atoms with E-state index in [0.29, 0.717) is 70.7 Å². The van der Waals surface area contributed by atoms with E-state index in [1.54, 1.807) is 46.0 Å². The van der Waals surface area contributed by atoms with Crippen molar-refractivity contribution < 1.29 is 82.8 Å². The van der Waals surface area contributed by atoms with Crippen molar-refractivity contribution in [3.63, 3.8) is 0 Å². The first kappa shape index (κ1) is 89.2. The van der Waals surface area contributed by atoms with E-state index in [9.17, 15) is 63.6 Å². The first-order chi connectivity index (χ1) is 54.3. The maximum Gasteiger partial charge on any atom is 0.245 e. The molecule has 2 aliphatic heterocycles. The molecule has 0 radical (unpaired) electrons. The fraction of sp³-hybridized carbons (Fsp3) is 0.525. The Bertz CT molecular complexity index is 4170. The molecule has 13 atom stereocenters. The number of phenols is 2. The molecule has 19 N–H and O–H groups in total. The summed E-state index contributed by atoms with van der Waals surface area (Å²) in [6.07, 6.45) is 1.23. The Morgan fingerprint density at radius 1 is 0.535 bits per heavy atom. The van der Waals surface area contributed by atoms with E-state index in [0.717, 1.165) is 17.5 Å². The summed E-state index contributed by atoms with van der Waals surface area (Å²) in [5.74, 6) is -11.0. The molecule has 618 valence electrons. The molecule has 1 saturated heterocycles. The molecule has 3 aliphatic rings. The van der Waals surface area contributed by atoms with E-state index >= 15 is 19.2 Å². The topological polar surface area (TPSA) is 502 Å². The van der Waals surface area contributed by atoms with E-state index in [1.807, 2.05) is 24.3 Å². The molecule has 2 fully saturated rings. The number of thioether (sulfide) groups is 2. The molecular formula is C80H109N15O17S2. The molecule has 34 heteroatoms. The highest BCUT2D eigenvalue weighted by atomic mass is 32.2. The van der Waals surface area contributed by atoms with Crippen molar-refractivity contribution in [2.24, 2.45) is 17.1 Å². The van der Waals surface area contributed by atoms with Crippen molar-refractivity contribution in [1.82, 2.24) is 73.8 Å². The quantitative estimate of drug-likeness (QED) is 0.0844. The predicted octanol–water partition coefficient (Wildman–Crippen LogP) is 1.66. The van der Waals surface area contributed by atoms with Crippen LogP contribution in [-0.2, 0) is 93.1 Å². The number of pyridine rings is 1. The van der Waals surface area contributed by atoms with Crippen LogP contribution in [0.5, 0.6) is 11.5 Å². The van der Waals surface area contributed by atoms with Crippen LogP contribution in [0.15, 0.2) is 97.3 Å². The average molecular weight is 1620 g/mol. The molecule has 8 rings (SSSR count). The van der Waals surface area contributed by atoms with Crippen LogP contribution in [0.25, 0.3) is 11.0 Å². The molecular weight excluding hydrogens is 1510 g/mol. The number of aromatic hydroxyl groups is 2. The SMILES string of the molecule is CCC[C@@H]1NC(=O)[C@H](Cc2c[nH]c3ncccc23)NC(=O)[C@H]([C@@H](C)O)NC(=O)[C@@H]2CCCNC(=O)CCC[C@H](NC1=O)C(=O)N[C@@H](Cc1ccc(O)cc1)C(=O)N[C@@H](C1CCCCC1)C(=O)N[C@@H]([C@@H](C)O)C(=O)N[C@H](C(N)=O)CSCc1cccc(c1)CSCCC(=O)N[C@@H](C(C)(C)C)C(=O)N[C@@H](Cc1ccc(O)cc1)C(=O)N2. The highest BCUT2D eigenvalue weighted by Gasteiger charge is 2.41. The molecule has 4 bridgehead atoms. The monoisotopic (exact) mass is 1620 g/mol. The standard InChI is InChI=1S/C80H109N15O17S2/c1-7-15-55-70(103)86-56-21-12-23-62(100)82-33-14-22-57(72(105)93-64(44(2)96)76(109)89-60(74(107)85-55)39-51-40-84-69-54(51)20-13-34-83-69)87-73(106)58(37-46-24-28-52(98)29-25-46)90-79(112)67(80(4,5)6)92-63(101)32-35-113-41-48-16-11-17-49(36-48)42-114-43-61(68(81)102)91-77(110)65(45(3)97)94-78(111)66(50-18-9-8-10-19-50)95-75(108)59(88-71(56)104)38-47-26-30-53(99)31-27-47/h11,13,16-17,20,24-31,34,36,40,44-45,50,55-61,64-67,96-99H,7-10,12,14-15,18-19,21-23,32-33,35,37-39,41-43H2,1-6H3,(H2,81,102)(H,82,100)(H,83,84)(H,85,107)(H,86,103)(H,87,106)(H,88,104)(H,89,109)(H,90,112)(H,91,110)(H,92,101)(H,93,105)(H,94,111)(H,95,108)/t44-,45-,55+,56+,57+,58+,59+,60+,61+,64+,65+,66+,67-/m1/s1. The van der Waals surface area contributed by atoms with Gasteiger partial charge in [0.25, 0.3) is 0 Å². The van der Waals surface area contributed by atoms with Gasteiger partial charge in [-0.2, -0.15) is 23.5 Å². The maximum absolute atomic E-state index is 15.3. The number of primary amides is 1. The Hall–Kier alpha value is -10.3. The lowest BCUT2D eigenvalue weighted by Gasteiger charge is -2.33. The largest absolute Gasteiger partial charge is 0.508 e. The number of aromatic amines is 1. The zero-order chi connectivity index (χ0) is 82.8. The van der Waals surface area contributed by atoms with E-state index in [4.69, 9.17) is 5.73 Å². The van der Waals surface area contributed by atoms with Gasteiger partial charge in [-0.15, -0.1) is 0 Å². The lowest BCUT2D eigenvalue weighted by molar-refractivity contribution is -0.137. The van der Waals surface area contributed by atoms with Crippen LogP contribution in [0.4, 0.5) is 0 Å². The number of hydrogen-bond acceptors (Lipinski definition) is 20. The summed E-state index contributed by atoms with van der Waals surface area (Å²) in [5.41, 5.74) is 8.38. The van der Waals surface area contributed by atoms with Gasteiger partial charge in [0.1, 0.15) is 83.6 Å². The summed E-state index contributed by atoms with van der Waals surface area (Å²) in [7, 11) is 0. The lowest BCUT2D eigenvalue weighted by atomic mass is 9.83. The van der Waals surface area contributed by atoms with Crippen LogP contribution in [0.3, 0.4) is 0 Å². The van der Waals surface area contributed by atoms with Gasteiger partial charge in [-0.05, 0) is 134 Å². The smallest absolute Gasteiger partial charge is 0.245 e. The lowest BCUT2D eigenvalue weighted by Crippen LogP contribution is -2.63. The third-order valence-electron chi connectivity index (χ3n) is 20.2. The molecule has 3 aromatic carbocycles. The number of H-pyrrole nitrogens is 1. The molecule has 1 aliphatic carbocycles. The van der Waals surface area contributed by atoms with E-state index < -0.39 is 167 Å². The number of hydrogen-bond donors (Lipinski definition) is 18. The van der Waals surface area contributed by atoms with E-state index in [2.05, 4.69) is 73.8 Å². The van der Waals surface area contributed by atoms with Crippen LogP contribution in [0.1, 0.15) is 153 Å². The third kappa shape index (κ3) is 27.2. The van der Waals surface area contributed by atoms with Gasteiger partial charge in [-0.3, -0.25) is 62.3 Å². The highest BCUT2D eigenvalue weighted by Crippen LogP contribution is 2.29. The van der Waals surface area contributed by atoms with Gasteiger partial charge in [0.15, 0.2) is 0 Å². The number of carbonyl (C=O) groups excluding carboxylic acids is 13. The summed E-state index contributed by atoms with van der Waals surface area (Å²) in [6.45, 7) is 9.19. The highest BCUT2D eigenvalue weighted by molar-refractivity contribution is 7.98. The number of amides is 13.